The Labute approximate surface area is 128 Å². The summed E-state index contributed by atoms with van der Waals surface area (Å²) in [6.45, 7) is 0. The molecule has 7 heteroatoms. The minimum Gasteiger partial charge on any atom is -0.481 e. The van der Waals surface area contributed by atoms with Crippen LogP contribution in [0.2, 0.25) is 0 Å². The number of benzene rings is 1. The highest BCUT2D eigenvalue weighted by Crippen LogP contribution is 2.24. The van der Waals surface area contributed by atoms with Gasteiger partial charge < -0.3 is 10.5 Å². The first-order valence-electron chi connectivity index (χ1n) is 6.64. The van der Waals surface area contributed by atoms with E-state index in [-0.39, 0.29) is 4.48 Å². The van der Waals surface area contributed by atoms with Gasteiger partial charge in [0, 0.05) is 11.5 Å². The summed E-state index contributed by atoms with van der Waals surface area (Å²) in [6.07, 6.45) is 0. The van der Waals surface area contributed by atoms with Crippen molar-refractivity contribution >= 4 is 28.7 Å². The summed E-state index contributed by atoms with van der Waals surface area (Å²) in [5.74, 6) is 0.495. The van der Waals surface area contributed by atoms with E-state index in [9.17, 15) is 9.59 Å². The predicted octanol–water partition coefficient (Wildman–Crippen LogP) is 1.95. The average Bonchev–Trinajstić information content (AvgIpc) is 2.45. The monoisotopic (exact) mass is 303 g/mol. The normalized spacial score (nSPS) is 11.3. The van der Waals surface area contributed by atoms with E-state index in [0.717, 1.165) is 10.3 Å². The standard InChI is InChI=1S/C15H18N4O3/c1-19(2,3)15(21)18(14(16)20)11-6-7-12-10(9-11)5-8-13(17-12)22-4/h5-9H,1-4H3,(H-,16,20)/p+1. The van der Waals surface area contributed by atoms with E-state index in [4.69, 9.17) is 10.5 Å². The van der Waals surface area contributed by atoms with Gasteiger partial charge in [0.1, 0.15) is 0 Å². The summed E-state index contributed by atoms with van der Waals surface area (Å²) >= 11 is 0. The Hall–Kier alpha value is -2.67. The molecular formula is C15H19N4O3+. The van der Waals surface area contributed by atoms with E-state index in [1.807, 2.05) is 0 Å². The number of carbonyl (C=O) groups excluding carboxylic acids is 2. The first-order valence-corrected chi connectivity index (χ1v) is 6.64. The van der Waals surface area contributed by atoms with Crippen LogP contribution < -0.4 is 15.4 Å². The summed E-state index contributed by atoms with van der Waals surface area (Å²) < 4.78 is 5.02. The maximum absolute atomic E-state index is 12.4. The van der Waals surface area contributed by atoms with Gasteiger partial charge in [0.2, 0.25) is 5.88 Å². The minimum absolute atomic E-state index is 0.0537. The Morgan fingerprint density at radius 1 is 1.18 bits per heavy atom. The Balaban J connectivity index is 2.51. The number of imide groups is 1. The topological polar surface area (TPSA) is 85.5 Å². The molecule has 7 nitrogen and oxygen atoms in total. The van der Waals surface area contributed by atoms with E-state index in [1.165, 1.54) is 7.11 Å². The molecule has 1 aromatic carbocycles. The van der Waals surface area contributed by atoms with Crippen molar-refractivity contribution < 1.29 is 18.8 Å². The lowest BCUT2D eigenvalue weighted by molar-refractivity contribution is -0.785. The van der Waals surface area contributed by atoms with Crippen molar-refractivity contribution in [2.24, 2.45) is 5.73 Å². The third-order valence-electron chi connectivity index (χ3n) is 3.10. The highest BCUT2D eigenvalue weighted by atomic mass is 16.5. The molecule has 0 radical (unpaired) electrons. The van der Waals surface area contributed by atoms with Crippen LogP contribution in [0.1, 0.15) is 0 Å². The zero-order chi connectivity index (χ0) is 16.5. The Morgan fingerprint density at radius 2 is 1.86 bits per heavy atom. The van der Waals surface area contributed by atoms with Crippen LogP contribution in [-0.2, 0) is 0 Å². The molecule has 0 bridgehead atoms. The number of pyridine rings is 1. The number of nitrogens with zero attached hydrogens (tertiary/aromatic N) is 3. The summed E-state index contributed by atoms with van der Waals surface area (Å²) in [5.41, 5.74) is 6.48. The van der Waals surface area contributed by atoms with Crippen LogP contribution in [0, 0.1) is 0 Å². The van der Waals surface area contributed by atoms with Gasteiger partial charge in [-0.05, 0) is 24.3 Å². The summed E-state index contributed by atoms with van der Waals surface area (Å²) in [7, 11) is 6.56. The molecule has 0 fully saturated rings. The van der Waals surface area contributed by atoms with Crippen LogP contribution in [0.3, 0.4) is 0 Å². The fourth-order valence-electron chi connectivity index (χ4n) is 1.98. The van der Waals surface area contributed by atoms with Crippen molar-refractivity contribution in [3.8, 4) is 5.88 Å². The Kier molecular flexibility index (Phi) is 4.01. The molecule has 0 atom stereocenters. The van der Waals surface area contributed by atoms with Crippen molar-refractivity contribution in [3.63, 3.8) is 0 Å². The molecule has 2 aromatic rings. The number of anilines is 1. The largest absolute Gasteiger partial charge is 0.481 e. The molecule has 116 valence electrons. The summed E-state index contributed by atoms with van der Waals surface area (Å²) in [4.78, 5) is 29.4. The first kappa shape index (κ1) is 15.7. The fourth-order valence-corrected chi connectivity index (χ4v) is 1.98. The quantitative estimate of drug-likeness (QED) is 0.859. The number of methoxy groups -OCH3 is 1. The van der Waals surface area contributed by atoms with Crippen LogP contribution in [0.5, 0.6) is 5.88 Å². The lowest BCUT2D eigenvalue weighted by Gasteiger charge is -2.27. The number of rotatable bonds is 2. The number of amides is 4. The lowest BCUT2D eigenvalue weighted by atomic mass is 10.2. The predicted molar refractivity (Wildman–Crippen MR) is 83.8 cm³/mol. The molecule has 1 heterocycles. The summed E-state index contributed by atoms with van der Waals surface area (Å²) in [6, 6.07) is 7.31. The molecule has 4 amide bonds. The molecular weight excluding hydrogens is 284 g/mol. The molecule has 2 rings (SSSR count). The second-order valence-electron chi connectivity index (χ2n) is 5.70. The Bertz CT molecular complexity index is 737. The highest BCUT2D eigenvalue weighted by Gasteiger charge is 2.33. The van der Waals surface area contributed by atoms with Crippen molar-refractivity contribution in [1.29, 1.82) is 0 Å². The zero-order valence-corrected chi connectivity index (χ0v) is 13.0. The zero-order valence-electron chi connectivity index (χ0n) is 13.0. The molecule has 22 heavy (non-hydrogen) atoms. The van der Waals surface area contributed by atoms with E-state index in [2.05, 4.69) is 4.98 Å². The third-order valence-corrected chi connectivity index (χ3v) is 3.10. The maximum Gasteiger partial charge on any atom is 0.431 e. The van der Waals surface area contributed by atoms with E-state index in [0.29, 0.717) is 17.1 Å². The lowest BCUT2D eigenvalue weighted by Crippen LogP contribution is -2.54. The van der Waals surface area contributed by atoms with Crippen LogP contribution in [0.4, 0.5) is 15.3 Å². The molecule has 0 aliphatic heterocycles. The van der Waals surface area contributed by atoms with Gasteiger partial charge in [0.25, 0.3) is 0 Å². The number of aromatic nitrogens is 1. The van der Waals surface area contributed by atoms with Crippen molar-refractivity contribution in [2.45, 2.75) is 0 Å². The second-order valence-corrected chi connectivity index (χ2v) is 5.70. The molecule has 0 aliphatic rings. The first-order chi connectivity index (χ1) is 10.2. The van der Waals surface area contributed by atoms with Gasteiger partial charge in [0.05, 0.1) is 39.5 Å². The smallest absolute Gasteiger partial charge is 0.431 e. The van der Waals surface area contributed by atoms with Gasteiger partial charge in [0.15, 0.2) is 0 Å². The van der Waals surface area contributed by atoms with E-state index in [1.54, 1.807) is 51.5 Å². The number of urea groups is 2. The van der Waals surface area contributed by atoms with Gasteiger partial charge in [-0.25, -0.2) is 19.1 Å². The fraction of sp³-hybridized carbons (Fsp3) is 0.267. The molecule has 0 aliphatic carbocycles. The van der Waals surface area contributed by atoms with Gasteiger partial charge in [-0.3, -0.25) is 0 Å². The number of hydrogen-bond donors (Lipinski definition) is 1. The van der Waals surface area contributed by atoms with E-state index < -0.39 is 12.1 Å². The molecule has 0 saturated heterocycles. The molecule has 2 N–H and O–H groups in total. The average molecular weight is 303 g/mol. The van der Waals surface area contributed by atoms with Crippen molar-refractivity contribution in [2.75, 3.05) is 33.2 Å². The number of hydrogen-bond acceptors (Lipinski definition) is 4. The number of carbonyl (C=O) groups is 2. The van der Waals surface area contributed by atoms with Gasteiger partial charge >= 0.3 is 12.1 Å². The van der Waals surface area contributed by atoms with E-state index >= 15 is 0 Å². The maximum atomic E-state index is 12.4. The van der Waals surface area contributed by atoms with Crippen LogP contribution in [0.25, 0.3) is 10.9 Å². The van der Waals surface area contributed by atoms with Crippen LogP contribution in [0.15, 0.2) is 30.3 Å². The molecule has 0 unspecified atom stereocenters. The molecule has 0 saturated carbocycles. The van der Waals surface area contributed by atoms with Crippen molar-refractivity contribution in [1.82, 2.24) is 4.98 Å². The molecule has 0 spiro atoms. The second kappa shape index (κ2) is 5.61. The SMILES string of the molecule is COc1ccc2cc(N(C(N)=O)C(=O)[N+](C)(C)C)ccc2n1. The summed E-state index contributed by atoms with van der Waals surface area (Å²) in [5, 5.41) is 0.777. The number of quaternary nitrogens is 1. The van der Waals surface area contributed by atoms with Crippen LogP contribution in [-0.4, -0.2) is 49.8 Å². The number of primary amides is 1. The number of nitrogens with two attached hydrogens (primary N) is 1. The van der Waals surface area contributed by atoms with Crippen LogP contribution >= 0.6 is 0 Å². The molecule has 1 aromatic heterocycles. The Morgan fingerprint density at radius 3 is 2.41 bits per heavy atom. The highest BCUT2D eigenvalue weighted by molar-refractivity contribution is 6.11. The third kappa shape index (κ3) is 2.99. The number of fused-ring (bicyclic) bond motifs is 1. The minimum atomic E-state index is -0.820. The number of ether oxygens (including phenoxy) is 1. The van der Waals surface area contributed by atoms with Gasteiger partial charge in [-0.1, -0.05) is 0 Å². The van der Waals surface area contributed by atoms with Crippen molar-refractivity contribution in [3.05, 3.63) is 30.3 Å². The van der Waals surface area contributed by atoms with Gasteiger partial charge in [-0.2, -0.15) is 4.90 Å². The van der Waals surface area contributed by atoms with Gasteiger partial charge in [-0.15, -0.1) is 0 Å².